The summed E-state index contributed by atoms with van der Waals surface area (Å²) in [4.78, 5) is 7.73. The van der Waals surface area contributed by atoms with Crippen LogP contribution in [0.1, 0.15) is 28.6 Å². The van der Waals surface area contributed by atoms with Crippen molar-refractivity contribution in [1.82, 2.24) is 4.98 Å². The molecule has 4 rings (SSSR count). The van der Waals surface area contributed by atoms with Gasteiger partial charge in [0.25, 0.3) is 0 Å². The Hall–Kier alpha value is -0.800. The van der Waals surface area contributed by atoms with Gasteiger partial charge in [0.15, 0.2) is 0 Å². The number of hydrogen-bond acceptors (Lipinski definition) is 3. The maximum atomic E-state index is 4.86. The van der Waals surface area contributed by atoms with Crippen molar-refractivity contribution >= 4 is 23.1 Å². The highest BCUT2D eigenvalue weighted by Gasteiger charge is 2.30. The van der Waals surface area contributed by atoms with Gasteiger partial charge in [-0.25, -0.2) is 4.98 Å². The average Bonchev–Trinajstić information content (AvgIpc) is 3.08. The number of hydrogen-bond donors (Lipinski definition) is 0. The summed E-state index contributed by atoms with van der Waals surface area (Å²) in [7, 11) is 0. The minimum absolute atomic E-state index is 0.785. The summed E-state index contributed by atoms with van der Waals surface area (Å²) >= 11 is 3.88. The number of fused-ring (bicyclic) bond motifs is 3. The van der Waals surface area contributed by atoms with Crippen LogP contribution >= 0.6 is 23.1 Å². The lowest BCUT2D eigenvalue weighted by atomic mass is 10.1. The van der Waals surface area contributed by atoms with Gasteiger partial charge in [-0.15, -0.1) is 23.1 Å². The zero-order chi connectivity index (χ0) is 10.5. The molecule has 1 aliphatic carbocycles. The lowest BCUT2D eigenvalue weighted by Gasteiger charge is -2.13. The van der Waals surface area contributed by atoms with Crippen LogP contribution in [-0.4, -0.2) is 4.98 Å². The van der Waals surface area contributed by atoms with Gasteiger partial charge in [-0.2, -0.15) is 0 Å². The molecule has 0 radical (unpaired) electrons. The van der Waals surface area contributed by atoms with Crippen LogP contribution < -0.4 is 0 Å². The molecule has 0 spiro atoms. The second-order valence-corrected chi connectivity index (χ2v) is 6.52. The van der Waals surface area contributed by atoms with E-state index in [4.69, 9.17) is 4.98 Å². The quantitative estimate of drug-likeness (QED) is 0.743. The Morgan fingerprint density at radius 3 is 2.94 bits per heavy atom. The normalized spacial score (nSPS) is 18.0. The summed E-state index contributed by atoms with van der Waals surface area (Å²) in [5.74, 6) is 1.89. The summed E-state index contributed by atoms with van der Waals surface area (Å²) in [6.45, 7) is 0. The van der Waals surface area contributed by atoms with E-state index < -0.39 is 0 Å². The molecule has 2 heterocycles. The SMILES string of the molecule is c1ccc2c(c1)SCc1sc(C3CC3)nc1-2. The summed E-state index contributed by atoms with van der Waals surface area (Å²) in [5.41, 5.74) is 2.61. The van der Waals surface area contributed by atoms with E-state index in [9.17, 15) is 0 Å². The zero-order valence-corrected chi connectivity index (χ0v) is 10.4. The molecule has 0 amide bonds. The summed E-state index contributed by atoms with van der Waals surface area (Å²) < 4.78 is 0. The molecule has 1 aliphatic heterocycles. The van der Waals surface area contributed by atoms with Crippen molar-refractivity contribution in [3.05, 3.63) is 34.2 Å². The molecule has 16 heavy (non-hydrogen) atoms. The molecule has 1 aromatic heterocycles. The van der Waals surface area contributed by atoms with Crippen LogP contribution in [0.5, 0.6) is 0 Å². The van der Waals surface area contributed by atoms with Crippen molar-refractivity contribution in [2.45, 2.75) is 29.4 Å². The standard InChI is InChI=1S/C13H11NS2/c1-2-4-10-9(3-1)12-11(7-15-10)16-13(14-12)8-5-6-8/h1-4,8H,5-7H2. The molecular formula is C13H11NS2. The lowest BCUT2D eigenvalue weighted by molar-refractivity contribution is 1.08. The molecule has 0 saturated heterocycles. The van der Waals surface area contributed by atoms with Gasteiger partial charge < -0.3 is 0 Å². The van der Waals surface area contributed by atoms with E-state index in [1.54, 1.807) is 0 Å². The number of rotatable bonds is 1. The summed E-state index contributed by atoms with van der Waals surface area (Å²) in [5, 5.41) is 1.38. The van der Waals surface area contributed by atoms with Gasteiger partial charge in [-0.3, -0.25) is 0 Å². The third-order valence-electron chi connectivity index (χ3n) is 3.14. The second kappa shape index (κ2) is 3.34. The monoisotopic (exact) mass is 245 g/mol. The van der Waals surface area contributed by atoms with E-state index >= 15 is 0 Å². The topological polar surface area (TPSA) is 12.9 Å². The van der Waals surface area contributed by atoms with E-state index in [1.165, 1.54) is 38.9 Å². The lowest BCUT2D eigenvalue weighted by Crippen LogP contribution is -1.92. The fourth-order valence-electron chi connectivity index (χ4n) is 2.11. The highest BCUT2D eigenvalue weighted by Crippen LogP contribution is 2.48. The Bertz CT molecular complexity index is 555. The van der Waals surface area contributed by atoms with Gasteiger partial charge in [-0.1, -0.05) is 18.2 Å². The Morgan fingerprint density at radius 2 is 2.06 bits per heavy atom. The first kappa shape index (κ1) is 9.25. The Morgan fingerprint density at radius 1 is 1.19 bits per heavy atom. The Labute approximate surface area is 103 Å². The molecule has 2 aliphatic rings. The molecule has 1 aromatic carbocycles. The number of aromatic nitrogens is 1. The van der Waals surface area contributed by atoms with E-state index in [0.717, 1.165) is 11.7 Å². The molecular weight excluding hydrogens is 234 g/mol. The molecule has 1 nitrogen and oxygen atoms in total. The number of thioether (sulfide) groups is 1. The smallest absolute Gasteiger partial charge is 0.0966 e. The number of nitrogens with zero attached hydrogens (tertiary/aromatic N) is 1. The van der Waals surface area contributed by atoms with Gasteiger partial charge >= 0.3 is 0 Å². The molecule has 1 saturated carbocycles. The molecule has 1 fully saturated rings. The predicted octanol–water partition coefficient (Wildman–Crippen LogP) is 4.29. The Kier molecular flexibility index (Phi) is 1.93. The highest BCUT2D eigenvalue weighted by molar-refractivity contribution is 7.98. The van der Waals surface area contributed by atoms with Crippen molar-refractivity contribution < 1.29 is 0 Å². The number of benzene rings is 1. The molecule has 0 bridgehead atoms. The molecule has 0 N–H and O–H groups in total. The van der Waals surface area contributed by atoms with Crippen LogP contribution in [0.3, 0.4) is 0 Å². The van der Waals surface area contributed by atoms with Crippen molar-refractivity contribution in [3.63, 3.8) is 0 Å². The minimum atomic E-state index is 0.785. The van der Waals surface area contributed by atoms with Gasteiger partial charge in [0.05, 0.1) is 10.7 Å². The van der Waals surface area contributed by atoms with Crippen molar-refractivity contribution in [2.24, 2.45) is 0 Å². The van der Waals surface area contributed by atoms with Gasteiger partial charge in [0, 0.05) is 27.0 Å². The Balaban J connectivity index is 1.90. The van der Waals surface area contributed by atoms with Crippen molar-refractivity contribution in [1.29, 1.82) is 0 Å². The molecule has 0 unspecified atom stereocenters. The summed E-state index contributed by atoms with van der Waals surface area (Å²) in [6, 6.07) is 8.64. The molecule has 80 valence electrons. The van der Waals surface area contributed by atoms with E-state index in [-0.39, 0.29) is 0 Å². The maximum Gasteiger partial charge on any atom is 0.0966 e. The second-order valence-electron chi connectivity index (χ2n) is 4.38. The van der Waals surface area contributed by atoms with Gasteiger partial charge in [0.2, 0.25) is 0 Å². The van der Waals surface area contributed by atoms with Gasteiger partial charge in [-0.05, 0) is 18.9 Å². The average molecular weight is 245 g/mol. The van der Waals surface area contributed by atoms with Crippen LogP contribution in [0.4, 0.5) is 0 Å². The first-order valence-electron chi connectivity index (χ1n) is 5.63. The van der Waals surface area contributed by atoms with Crippen molar-refractivity contribution in [2.75, 3.05) is 0 Å². The van der Waals surface area contributed by atoms with Crippen LogP contribution in [0.25, 0.3) is 11.3 Å². The molecule has 2 aromatic rings. The van der Waals surface area contributed by atoms with Crippen LogP contribution in [0.2, 0.25) is 0 Å². The molecule has 3 heteroatoms. The third-order valence-corrected chi connectivity index (χ3v) is 5.64. The molecule has 0 atom stereocenters. The highest BCUT2D eigenvalue weighted by atomic mass is 32.2. The first-order valence-corrected chi connectivity index (χ1v) is 7.44. The fraction of sp³-hybridized carbons (Fsp3) is 0.308. The van der Waals surface area contributed by atoms with Crippen LogP contribution in [0, 0.1) is 0 Å². The van der Waals surface area contributed by atoms with Crippen molar-refractivity contribution in [3.8, 4) is 11.3 Å². The van der Waals surface area contributed by atoms with Crippen LogP contribution in [-0.2, 0) is 5.75 Å². The minimum Gasteiger partial charge on any atom is -0.241 e. The largest absolute Gasteiger partial charge is 0.241 e. The first-order chi connectivity index (χ1) is 7.92. The van der Waals surface area contributed by atoms with Crippen LogP contribution in [0.15, 0.2) is 29.2 Å². The summed E-state index contributed by atoms with van der Waals surface area (Å²) in [6.07, 6.45) is 2.70. The van der Waals surface area contributed by atoms with Gasteiger partial charge in [0.1, 0.15) is 0 Å². The predicted molar refractivity (Wildman–Crippen MR) is 69.1 cm³/mol. The van der Waals surface area contributed by atoms with E-state index in [2.05, 4.69) is 24.3 Å². The number of thiazole rings is 1. The third kappa shape index (κ3) is 1.35. The fourth-order valence-corrected chi connectivity index (χ4v) is 4.49. The van der Waals surface area contributed by atoms with E-state index in [1.807, 2.05) is 23.1 Å². The zero-order valence-electron chi connectivity index (χ0n) is 8.77. The van der Waals surface area contributed by atoms with E-state index in [0.29, 0.717) is 0 Å². The maximum absolute atomic E-state index is 4.86.